The van der Waals surface area contributed by atoms with E-state index in [1.165, 1.54) is 31.5 Å². The van der Waals surface area contributed by atoms with Crippen LogP contribution < -0.4 is 5.32 Å². The molecule has 0 spiro atoms. The van der Waals surface area contributed by atoms with Crippen LogP contribution in [0.15, 0.2) is 30.3 Å². The minimum absolute atomic E-state index is 0.607. The van der Waals surface area contributed by atoms with E-state index in [9.17, 15) is 0 Å². The van der Waals surface area contributed by atoms with Gasteiger partial charge in [-0.3, -0.25) is 4.90 Å². The van der Waals surface area contributed by atoms with E-state index in [0.29, 0.717) is 6.04 Å². The quantitative estimate of drug-likeness (QED) is 0.859. The highest BCUT2D eigenvalue weighted by atomic mass is 15.2. The summed E-state index contributed by atoms with van der Waals surface area (Å²) in [5.41, 5.74) is 1.49. The summed E-state index contributed by atoms with van der Waals surface area (Å²) in [6, 6.07) is 11.6. The topological polar surface area (TPSA) is 15.3 Å². The predicted molar refractivity (Wildman–Crippen MR) is 77.7 cm³/mol. The molecule has 2 nitrogen and oxygen atoms in total. The van der Waals surface area contributed by atoms with Gasteiger partial charge in [-0.1, -0.05) is 44.2 Å². The van der Waals surface area contributed by atoms with Crippen LogP contribution in [-0.4, -0.2) is 31.1 Å². The monoisotopic (exact) mass is 246 g/mol. The molecule has 2 heteroatoms. The van der Waals surface area contributed by atoms with E-state index in [0.717, 1.165) is 19.0 Å². The lowest BCUT2D eigenvalue weighted by atomic mass is 9.96. The molecule has 1 heterocycles. The van der Waals surface area contributed by atoms with Gasteiger partial charge >= 0.3 is 0 Å². The molecule has 0 unspecified atom stereocenters. The van der Waals surface area contributed by atoms with E-state index in [4.69, 9.17) is 0 Å². The van der Waals surface area contributed by atoms with Crippen LogP contribution in [0.1, 0.15) is 38.3 Å². The van der Waals surface area contributed by atoms with Gasteiger partial charge in [0.05, 0.1) is 0 Å². The SMILES string of the molecule is CC(C)CC[C@H](c1ccccc1)N1CCNCC1. The van der Waals surface area contributed by atoms with Crippen molar-refractivity contribution in [2.24, 2.45) is 5.92 Å². The number of hydrogen-bond acceptors (Lipinski definition) is 2. The third-order valence-electron chi connectivity index (χ3n) is 3.79. The van der Waals surface area contributed by atoms with Crippen LogP contribution in [0.4, 0.5) is 0 Å². The van der Waals surface area contributed by atoms with Gasteiger partial charge in [0.15, 0.2) is 0 Å². The highest BCUT2D eigenvalue weighted by Crippen LogP contribution is 2.27. The molecule has 0 aromatic heterocycles. The molecule has 100 valence electrons. The van der Waals surface area contributed by atoms with Gasteiger partial charge in [0, 0.05) is 32.2 Å². The fourth-order valence-corrected chi connectivity index (χ4v) is 2.72. The normalized spacial score (nSPS) is 19.1. The fourth-order valence-electron chi connectivity index (χ4n) is 2.72. The zero-order valence-electron chi connectivity index (χ0n) is 11.7. The molecule has 1 aromatic carbocycles. The Hall–Kier alpha value is -0.860. The molecule has 1 aliphatic heterocycles. The van der Waals surface area contributed by atoms with E-state index in [2.05, 4.69) is 54.4 Å². The Labute approximate surface area is 111 Å². The molecule has 1 aliphatic rings. The first-order chi connectivity index (χ1) is 8.77. The summed E-state index contributed by atoms with van der Waals surface area (Å²) in [4.78, 5) is 2.65. The van der Waals surface area contributed by atoms with Gasteiger partial charge in [-0.05, 0) is 24.3 Å². The van der Waals surface area contributed by atoms with Gasteiger partial charge in [-0.15, -0.1) is 0 Å². The minimum atomic E-state index is 0.607. The lowest BCUT2D eigenvalue weighted by molar-refractivity contribution is 0.160. The summed E-state index contributed by atoms with van der Waals surface area (Å²) < 4.78 is 0. The second-order valence-electron chi connectivity index (χ2n) is 5.68. The van der Waals surface area contributed by atoms with Crippen LogP contribution in [0.3, 0.4) is 0 Å². The van der Waals surface area contributed by atoms with Gasteiger partial charge in [-0.25, -0.2) is 0 Å². The van der Waals surface area contributed by atoms with Crippen LogP contribution in [0.25, 0.3) is 0 Å². The van der Waals surface area contributed by atoms with Crippen LogP contribution in [-0.2, 0) is 0 Å². The number of nitrogens with zero attached hydrogens (tertiary/aromatic N) is 1. The number of rotatable bonds is 5. The van der Waals surface area contributed by atoms with Crippen molar-refractivity contribution in [2.75, 3.05) is 26.2 Å². The Balaban J connectivity index is 2.06. The average Bonchev–Trinajstić information content (AvgIpc) is 2.41. The third kappa shape index (κ3) is 3.82. The maximum absolute atomic E-state index is 3.44. The zero-order chi connectivity index (χ0) is 12.8. The first-order valence-electron chi connectivity index (χ1n) is 7.27. The third-order valence-corrected chi connectivity index (χ3v) is 3.79. The largest absolute Gasteiger partial charge is 0.314 e. The molecule has 1 fully saturated rings. The van der Waals surface area contributed by atoms with E-state index >= 15 is 0 Å². The molecular formula is C16H26N2. The van der Waals surface area contributed by atoms with E-state index in [1.807, 2.05) is 0 Å². The Morgan fingerprint density at radius 2 is 1.72 bits per heavy atom. The van der Waals surface area contributed by atoms with Crippen LogP contribution in [0, 0.1) is 5.92 Å². The van der Waals surface area contributed by atoms with Crippen molar-refractivity contribution >= 4 is 0 Å². The molecule has 0 bridgehead atoms. The van der Waals surface area contributed by atoms with Crippen LogP contribution in [0.5, 0.6) is 0 Å². The Kier molecular flexibility index (Phi) is 5.21. The van der Waals surface area contributed by atoms with Crippen molar-refractivity contribution < 1.29 is 0 Å². The van der Waals surface area contributed by atoms with Crippen molar-refractivity contribution in [1.29, 1.82) is 0 Å². The van der Waals surface area contributed by atoms with Gasteiger partial charge in [0.25, 0.3) is 0 Å². The Morgan fingerprint density at radius 3 is 2.33 bits per heavy atom. The molecule has 0 amide bonds. The van der Waals surface area contributed by atoms with E-state index in [-0.39, 0.29) is 0 Å². The number of nitrogens with one attached hydrogen (secondary N) is 1. The summed E-state index contributed by atoms with van der Waals surface area (Å²) in [5, 5.41) is 3.44. The molecule has 1 N–H and O–H groups in total. The van der Waals surface area contributed by atoms with Gasteiger partial charge in [0.1, 0.15) is 0 Å². The second-order valence-corrected chi connectivity index (χ2v) is 5.68. The summed E-state index contributed by atoms with van der Waals surface area (Å²) in [5.74, 6) is 0.791. The summed E-state index contributed by atoms with van der Waals surface area (Å²) in [6.07, 6.45) is 2.59. The highest BCUT2D eigenvalue weighted by Gasteiger charge is 2.21. The first-order valence-corrected chi connectivity index (χ1v) is 7.27. The minimum Gasteiger partial charge on any atom is -0.314 e. The van der Waals surface area contributed by atoms with Gasteiger partial charge < -0.3 is 5.32 Å². The molecule has 2 rings (SSSR count). The molecular weight excluding hydrogens is 220 g/mol. The summed E-state index contributed by atoms with van der Waals surface area (Å²) in [6.45, 7) is 9.25. The molecule has 0 aliphatic carbocycles. The number of hydrogen-bond donors (Lipinski definition) is 1. The Morgan fingerprint density at radius 1 is 1.06 bits per heavy atom. The van der Waals surface area contributed by atoms with Gasteiger partial charge in [0.2, 0.25) is 0 Å². The van der Waals surface area contributed by atoms with Crippen molar-refractivity contribution in [3.63, 3.8) is 0 Å². The average molecular weight is 246 g/mol. The molecule has 0 radical (unpaired) electrons. The predicted octanol–water partition coefficient (Wildman–Crippen LogP) is 3.07. The first kappa shape index (κ1) is 13.6. The smallest absolute Gasteiger partial charge is 0.0349 e. The van der Waals surface area contributed by atoms with Crippen molar-refractivity contribution in [3.8, 4) is 0 Å². The molecule has 1 aromatic rings. The maximum Gasteiger partial charge on any atom is 0.0349 e. The molecule has 1 atom stereocenters. The number of piperazine rings is 1. The van der Waals surface area contributed by atoms with Crippen molar-refractivity contribution in [1.82, 2.24) is 10.2 Å². The number of benzene rings is 1. The lowest BCUT2D eigenvalue weighted by Crippen LogP contribution is -2.45. The molecule has 0 saturated carbocycles. The second kappa shape index (κ2) is 6.91. The fraction of sp³-hybridized carbons (Fsp3) is 0.625. The van der Waals surface area contributed by atoms with Crippen molar-refractivity contribution in [2.45, 2.75) is 32.7 Å². The summed E-state index contributed by atoms with van der Waals surface area (Å²) in [7, 11) is 0. The zero-order valence-corrected chi connectivity index (χ0v) is 11.7. The van der Waals surface area contributed by atoms with E-state index in [1.54, 1.807) is 0 Å². The Bertz CT molecular complexity index is 328. The lowest BCUT2D eigenvalue weighted by Gasteiger charge is -2.35. The van der Waals surface area contributed by atoms with Gasteiger partial charge in [-0.2, -0.15) is 0 Å². The molecule has 1 saturated heterocycles. The van der Waals surface area contributed by atoms with E-state index < -0.39 is 0 Å². The highest BCUT2D eigenvalue weighted by molar-refractivity contribution is 5.19. The molecule has 18 heavy (non-hydrogen) atoms. The standard InChI is InChI=1S/C16H26N2/c1-14(2)8-9-16(15-6-4-3-5-7-15)18-12-10-17-11-13-18/h3-7,14,16-17H,8-13H2,1-2H3/t16-/m1/s1. The van der Waals surface area contributed by atoms with Crippen LogP contribution >= 0.6 is 0 Å². The maximum atomic E-state index is 3.44. The summed E-state index contributed by atoms with van der Waals surface area (Å²) >= 11 is 0. The van der Waals surface area contributed by atoms with Crippen molar-refractivity contribution in [3.05, 3.63) is 35.9 Å². The van der Waals surface area contributed by atoms with Crippen LogP contribution in [0.2, 0.25) is 0 Å².